The van der Waals surface area contributed by atoms with Gasteiger partial charge >= 0.3 is 0 Å². The fourth-order valence-electron chi connectivity index (χ4n) is 3.75. The molecule has 8 nitrogen and oxygen atoms in total. The van der Waals surface area contributed by atoms with Crippen molar-refractivity contribution in [3.05, 3.63) is 35.3 Å². The fourth-order valence-corrected chi connectivity index (χ4v) is 3.75. The molecule has 0 spiro atoms. The van der Waals surface area contributed by atoms with Crippen LogP contribution in [0.1, 0.15) is 50.2 Å². The molecule has 1 aromatic carbocycles. The van der Waals surface area contributed by atoms with Gasteiger partial charge < -0.3 is 21.1 Å². The van der Waals surface area contributed by atoms with E-state index >= 15 is 0 Å². The lowest BCUT2D eigenvalue weighted by Crippen LogP contribution is -2.34. The molecule has 1 aliphatic carbocycles. The van der Waals surface area contributed by atoms with E-state index in [2.05, 4.69) is 38.7 Å². The number of halogens is 1. The van der Waals surface area contributed by atoms with Crippen molar-refractivity contribution in [3.8, 4) is 5.75 Å². The van der Waals surface area contributed by atoms with E-state index in [-0.39, 0.29) is 11.5 Å². The summed E-state index contributed by atoms with van der Waals surface area (Å²) in [5.74, 6) is 0.593. The van der Waals surface area contributed by atoms with E-state index in [4.69, 9.17) is 10.5 Å². The van der Waals surface area contributed by atoms with Crippen LogP contribution in [0.3, 0.4) is 0 Å². The molecule has 9 heteroatoms. The largest absolute Gasteiger partial charge is 0.496 e. The van der Waals surface area contributed by atoms with E-state index in [0.29, 0.717) is 30.5 Å². The van der Waals surface area contributed by atoms with Crippen LogP contribution in [0.2, 0.25) is 0 Å². The Morgan fingerprint density at radius 3 is 2.84 bits per heavy atom. The van der Waals surface area contributed by atoms with Crippen molar-refractivity contribution in [1.82, 2.24) is 25.1 Å². The van der Waals surface area contributed by atoms with Crippen LogP contribution in [0.5, 0.6) is 5.75 Å². The normalized spacial score (nSPS) is 14.0. The van der Waals surface area contributed by atoms with E-state index < -0.39 is 5.95 Å². The van der Waals surface area contributed by atoms with Gasteiger partial charge in [-0.05, 0) is 30.9 Å². The van der Waals surface area contributed by atoms with E-state index in [1.807, 2.05) is 12.1 Å². The summed E-state index contributed by atoms with van der Waals surface area (Å²) in [4.78, 5) is 8.35. The lowest BCUT2D eigenvalue weighted by Gasteiger charge is -2.26. The first-order valence-electron chi connectivity index (χ1n) is 10.9. The molecule has 2 heterocycles. The van der Waals surface area contributed by atoms with Gasteiger partial charge in [0.05, 0.1) is 13.7 Å². The highest BCUT2D eigenvalue weighted by molar-refractivity contribution is 5.87. The predicted octanol–water partition coefficient (Wildman–Crippen LogP) is 3.46. The quantitative estimate of drug-likeness (QED) is 0.426. The molecular weight excluding hydrogens is 397 g/mol. The number of ether oxygens (including phenoxy) is 1. The molecule has 0 saturated heterocycles. The number of hydrogen-bond donors (Lipinski definition) is 3. The van der Waals surface area contributed by atoms with Crippen LogP contribution in [0.25, 0.3) is 11.0 Å². The fraction of sp³-hybridized carbons (Fsp3) is 0.500. The number of fused-ring (bicyclic) bond motifs is 1. The van der Waals surface area contributed by atoms with Crippen molar-refractivity contribution in [2.45, 2.75) is 58.2 Å². The molecule has 0 amide bonds. The Balaban J connectivity index is 1.61. The highest BCUT2D eigenvalue weighted by Crippen LogP contribution is 2.27. The lowest BCUT2D eigenvalue weighted by molar-refractivity contribution is 0.338. The molecular formula is C22H30FN7O. The summed E-state index contributed by atoms with van der Waals surface area (Å²) in [5, 5.41) is 10.9. The van der Waals surface area contributed by atoms with Gasteiger partial charge in [-0.3, -0.25) is 4.68 Å². The molecule has 0 unspecified atom stereocenters. The van der Waals surface area contributed by atoms with Crippen molar-refractivity contribution in [3.63, 3.8) is 0 Å². The third-order valence-electron chi connectivity index (χ3n) is 5.76. The maximum absolute atomic E-state index is 14.6. The van der Waals surface area contributed by atoms with E-state index in [1.54, 1.807) is 11.8 Å². The van der Waals surface area contributed by atoms with E-state index in [9.17, 15) is 4.39 Å². The molecule has 0 radical (unpaired) electrons. The molecule has 0 atom stereocenters. The smallest absolute Gasteiger partial charge is 0.259 e. The summed E-state index contributed by atoms with van der Waals surface area (Å²) in [6.07, 6.45) is 5.79. The number of unbranched alkanes of at least 4 members (excludes halogenated alkanes) is 1. The third-order valence-corrected chi connectivity index (χ3v) is 5.76. The molecule has 166 valence electrons. The lowest BCUT2D eigenvalue weighted by atomic mass is 9.93. The maximum atomic E-state index is 14.6. The Bertz CT molecular complexity index is 1050. The number of nitrogens with two attached hydrogens (primary N) is 1. The number of hydrogen-bond acceptors (Lipinski definition) is 7. The maximum Gasteiger partial charge on any atom is 0.259 e. The third kappa shape index (κ3) is 4.71. The van der Waals surface area contributed by atoms with Crippen LogP contribution in [0.4, 0.5) is 16.2 Å². The van der Waals surface area contributed by atoms with Crippen molar-refractivity contribution >= 4 is 22.8 Å². The van der Waals surface area contributed by atoms with Gasteiger partial charge in [-0.25, -0.2) is 4.98 Å². The van der Waals surface area contributed by atoms with Crippen LogP contribution >= 0.6 is 0 Å². The summed E-state index contributed by atoms with van der Waals surface area (Å²) in [5.41, 5.74) is 8.47. The van der Waals surface area contributed by atoms with E-state index in [1.165, 1.54) is 19.3 Å². The first-order chi connectivity index (χ1) is 15.1. The number of benzene rings is 1. The molecule has 2 aromatic heterocycles. The second-order valence-electron chi connectivity index (χ2n) is 8.01. The number of nitrogens with zero attached hydrogens (tertiary/aromatic N) is 4. The number of nitrogens with one attached hydrogen (secondary N) is 2. The Morgan fingerprint density at radius 2 is 2.13 bits per heavy atom. The zero-order valence-electron chi connectivity index (χ0n) is 18.1. The number of methoxy groups -OCH3 is 1. The highest BCUT2D eigenvalue weighted by Gasteiger charge is 2.20. The summed E-state index contributed by atoms with van der Waals surface area (Å²) in [7, 11) is 1.64. The number of anilines is 2. The van der Waals surface area contributed by atoms with Crippen LogP contribution in [0, 0.1) is 5.95 Å². The Kier molecular flexibility index (Phi) is 6.50. The number of nitrogen functional groups attached to an aromatic ring is 1. The summed E-state index contributed by atoms with van der Waals surface area (Å²) in [6.45, 7) is 3.95. The summed E-state index contributed by atoms with van der Waals surface area (Å²) in [6, 6.07) is 6.72. The molecule has 1 aliphatic rings. The van der Waals surface area contributed by atoms with Gasteiger partial charge in [0.15, 0.2) is 11.3 Å². The summed E-state index contributed by atoms with van der Waals surface area (Å²) < 4.78 is 21.8. The molecule has 4 N–H and O–H groups in total. The Labute approximate surface area is 181 Å². The second-order valence-corrected chi connectivity index (χ2v) is 8.01. The van der Waals surface area contributed by atoms with Gasteiger partial charge in [0.25, 0.3) is 5.95 Å². The average molecular weight is 428 g/mol. The SMILES string of the molecule is CCCCNc1nc(N)nc2c(F)nn(Cc3ccc(CNC4CCC4)cc3OC)c12. The van der Waals surface area contributed by atoms with Gasteiger partial charge in [-0.15, -0.1) is 5.10 Å². The zero-order valence-corrected chi connectivity index (χ0v) is 18.1. The minimum Gasteiger partial charge on any atom is -0.496 e. The van der Waals surface area contributed by atoms with Crippen molar-refractivity contribution in [2.24, 2.45) is 0 Å². The number of aromatic nitrogens is 4. The van der Waals surface area contributed by atoms with Gasteiger partial charge in [-0.2, -0.15) is 9.37 Å². The van der Waals surface area contributed by atoms with Crippen LogP contribution < -0.4 is 21.1 Å². The predicted molar refractivity (Wildman–Crippen MR) is 120 cm³/mol. The molecule has 31 heavy (non-hydrogen) atoms. The minimum atomic E-state index is -0.664. The van der Waals surface area contributed by atoms with Gasteiger partial charge in [-0.1, -0.05) is 31.9 Å². The molecule has 0 bridgehead atoms. The summed E-state index contributed by atoms with van der Waals surface area (Å²) >= 11 is 0. The highest BCUT2D eigenvalue weighted by atomic mass is 19.1. The molecule has 3 aromatic rings. The topological polar surface area (TPSA) is 103 Å². The van der Waals surface area contributed by atoms with Crippen molar-refractivity contribution in [2.75, 3.05) is 24.7 Å². The zero-order chi connectivity index (χ0) is 21.8. The van der Waals surface area contributed by atoms with Crippen LogP contribution in [0.15, 0.2) is 18.2 Å². The van der Waals surface area contributed by atoms with Crippen LogP contribution in [-0.2, 0) is 13.1 Å². The van der Waals surface area contributed by atoms with E-state index in [0.717, 1.165) is 36.3 Å². The molecule has 4 rings (SSSR count). The Morgan fingerprint density at radius 1 is 1.29 bits per heavy atom. The number of rotatable bonds is 10. The van der Waals surface area contributed by atoms with Gasteiger partial charge in [0.2, 0.25) is 5.95 Å². The van der Waals surface area contributed by atoms with Crippen molar-refractivity contribution < 1.29 is 9.13 Å². The first-order valence-corrected chi connectivity index (χ1v) is 10.9. The second kappa shape index (κ2) is 9.47. The monoisotopic (exact) mass is 427 g/mol. The van der Waals surface area contributed by atoms with Crippen LogP contribution in [-0.4, -0.2) is 39.4 Å². The van der Waals surface area contributed by atoms with Gasteiger partial charge in [0, 0.05) is 24.7 Å². The van der Waals surface area contributed by atoms with Gasteiger partial charge in [0.1, 0.15) is 11.3 Å². The molecule has 1 saturated carbocycles. The standard InChI is InChI=1S/C22H30FN7O/c1-3-4-10-25-21-19-18(27-22(24)28-21)20(23)29-30(19)13-15-9-8-14(11-17(15)31-2)12-26-16-6-5-7-16/h8-9,11,16,26H,3-7,10,12-13H2,1-2H3,(H3,24,25,27,28). The first kappa shape index (κ1) is 21.3. The minimum absolute atomic E-state index is 0.0193. The molecule has 1 fully saturated rings. The molecule has 0 aliphatic heterocycles. The average Bonchev–Trinajstić information content (AvgIpc) is 3.03. The van der Waals surface area contributed by atoms with Crippen molar-refractivity contribution in [1.29, 1.82) is 0 Å². The Hall–Kier alpha value is -2.94.